The number of carbonyl (C=O) groups is 4. The Morgan fingerprint density at radius 1 is 0.972 bits per heavy atom. The number of ether oxygens (including phenoxy) is 1. The second-order valence-corrected chi connectivity index (χ2v) is 19.3. The van der Waals surface area contributed by atoms with E-state index in [1.165, 1.54) is 48.4 Å². The fourth-order valence-electron chi connectivity index (χ4n) is 8.32. The monoisotopic (exact) mass is 1040 g/mol. The van der Waals surface area contributed by atoms with E-state index in [9.17, 15) is 54.6 Å². The standard InChI is InChI=1S/C47H40ClFN8O13S2/c1-69-47(62)38-35(54-44(34-5-2-3-15-52-34)55-39(38)27-10-8-25(49)22-31(27)48)23-56-17-19-57(20-18-56)36(58)6-4-16-53-45(59)24-7-9-26(30(21-24)46(60)61)37-28-11-13-32(50)42(71(63,64)65)40(28)70-41-29(37)12-14-33(51)43(41)72(66,67)68/h2-3,5,7-15,17,19,21-22,39,50H,4,6,16,18,20,23,51H2,1H3,(H,53,59)(H,54,55)(H,60,61)(H,63,64,65)(H,66,67,68). The van der Waals surface area contributed by atoms with Gasteiger partial charge < -0.3 is 40.4 Å². The zero-order chi connectivity index (χ0) is 51.8. The van der Waals surface area contributed by atoms with Crippen LogP contribution in [0.1, 0.15) is 50.9 Å². The summed E-state index contributed by atoms with van der Waals surface area (Å²) < 4.78 is 95.3. The van der Waals surface area contributed by atoms with Crippen LogP contribution in [0.15, 0.2) is 128 Å². The summed E-state index contributed by atoms with van der Waals surface area (Å²) >= 11 is 6.48. The van der Waals surface area contributed by atoms with E-state index in [-0.39, 0.29) is 76.6 Å². The number of carbonyl (C=O) groups excluding carboxylic acids is 3. The summed E-state index contributed by atoms with van der Waals surface area (Å²) in [6, 6.07) is 16.0. The van der Waals surface area contributed by atoms with Gasteiger partial charge in [-0.05, 0) is 72.6 Å². The molecule has 1 aromatic heterocycles. The number of anilines is 1. The summed E-state index contributed by atoms with van der Waals surface area (Å²) in [5.41, 5.74) is 4.77. The maximum absolute atomic E-state index is 14.1. The van der Waals surface area contributed by atoms with Crippen LogP contribution in [-0.4, -0.2) is 109 Å². The number of methoxy groups -OCH3 is 1. The highest BCUT2D eigenvalue weighted by Crippen LogP contribution is 2.46. The Kier molecular flexibility index (Phi) is 14.0. The minimum absolute atomic E-state index is 0.00596. The molecular weight excluding hydrogens is 1000 g/mol. The number of pyridine rings is 1. The highest BCUT2D eigenvalue weighted by molar-refractivity contribution is 7.86. The summed E-state index contributed by atoms with van der Waals surface area (Å²) in [7, 11) is -9.21. The quantitative estimate of drug-likeness (QED) is 0.0248. The van der Waals surface area contributed by atoms with Gasteiger partial charge in [-0.2, -0.15) is 16.8 Å². The minimum Gasteiger partial charge on any atom is -0.478 e. The number of halogens is 2. The Balaban J connectivity index is 0.973. The number of carboxylic acid groups (broad SMARTS) is 1. The van der Waals surface area contributed by atoms with E-state index in [1.807, 2.05) is 4.90 Å². The third kappa shape index (κ3) is 10.1. The Morgan fingerprint density at radius 3 is 2.38 bits per heavy atom. The molecule has 0 fully saturated rings. The molecule has 0 spiro atoms. The maximum Gasteiger partial charge on any atom is 0.338 e. The molecule has 3 aliphatic heterocycles. The molecule has 2 amide bonds. The summed E-state index contributed by atoms with van der Waals surface area (Å²) in [4.78, 5) is 63.4. The molecule has 4 aliphatic rings. The number of aromatic nitrogens is 1. The molecule has 0 radical (unpaired) electrons. The van der Waals surface area contributed by atoms with Crippen molar-refractivity contribution in [3.05, 3.63) is 147 Å². The van der Waals surface area contributed by atoms with E-state index < -0.39 is 87.7 Å². The lowest BCUT2D eigenvalue weighted by Crippen LogP contribution is -2.43. The first-order chi connectivity index (χ1) is 34.2. The topological polar surface area (TPSA) is 325 Å². The number of fused-ring (bicyclic) bond motifs is 2. The number of nitrogens with zero attached hydrogens (tertiary/aromatic N) is 4. The smallest absolute Gasteiger partial charge is 0.338 e. The number of hydrogen-bond acceptors (Lipinski definition) is 16. The van der Waals surface area contributed by atoms with Crippen LogP contribution in [0.2, 0.25) is 5.02 Å². The summed E-state index contributed by atoms with van der Waals surface area (Å²) in [6.07, 6.45) is 4.98. The number of rotatable bonds is 14. The van der Waals surface area contributed by atoms with Crippen molar-refractivity contribution in [3.8, 4) is 22.5 Å². The first-order valence-corrected chi connectivity index (χ1v) is 24.6. The Labute approximate surface area is 413 Å². The molecule has 21 nitrogen and oxygen atoms in total. The lowest BCUT2D eigenvalue weighted by molar-refractivity contribution is -0.136. The van der Waals surface area contributed by atoms with Crippen LogP contribution < -0.4 is 21.7 Å². The van der Waals surface area contributed by atoms with Crippen LogP contribution in [0.4, 0.5) is 10.1 Å². The molecule has 72 heavy (non-hydrogen) atoms. The normalized spacial score (nSPS) is 15.1. The van der Waals surface area contributed by atoms with Gasteiger partial charge in [0.05, 0.1) is 35.8 Å². The molecule has 0 saturated heterocycles. The second kappa shape index (κ2) is 20.0. The van der Waals surface area contributed by atoms with Crippen LogP contribution >= 0.6 is 11.6 Å². The SMILES string of the molecule is COC(=O)C1=C(CN2C=CN(C(=O)CCCNC(=O)c3ccc(-c4c5ccc(=N)c(S(=O)(=O)O)c-5oc5c(S(=O)(=O)O)c(N)ccc45)c(C(=O)O)c3)CC2)NC(c2ccccn2)=NC1c1ccc(F)cc1Cl. The van der Waals surface area contributed by atoms with Crippen molar-refractivity contribution in [3.63, 3.8) is 0 Å². The Morgan fingerprint density at radius 2 is 1.72 bits per heavy atom. The highest BCUT2D eigenvalue weighted by atomic mass is 35.5. The van der Waals surface area contributed by atoms with Gasteiger partial charge in [-0.1, -0.05) is 29.8 Å². The third-order valence-electron chi connectivity index (χ3n) is 11.6. The van der Waals surface area contributed by atoms with E-state index in [4.69, 9.17) is 36.9 Å². The highest BCUT2D eigenvalue weighted by Gasteiger charge is 2.35. The van der Waals surface area contributed by atoms with Gasteiger partial charge in [-0.3, -0.25) is 34.1 Å². The molecule has 3 aromatic carbocycles. The number of amides is 2. The van der Waals surface area contributed by atoms with Gasteiger partial charge in [0.15, 0.2) is 27.0 Å². The third-order valence-corrected chi connectivity index (χ3v) is 13.8. The van der Waals surface area contributed by atoms with Crippen molar-refractivity contribution < 1.29 is 63.8 Å². The average molecular weight is 1040 g/mol. The summed E-state index contributed by atoms with van der Waals surface area (Å²) in [5, 5.41) is 23.6. The zero-order valence-electron chi connectivity index (χ0n) is 37.4. The van der Waals surface area contributed by atoms with Crippen molar-refractivity contribution in [1.82, 2.24) is 25.4 Å². The van der Waals surface area contributed by atoms with Gasteiger partial charge in [0, 0.05) is 83.0 Å². The predicted molar refractivity (Wildman–Crippen MR) is 256 cm³/mol. The first kappa shape index (κ1) is 50.4. The number of esters is 1. The fraction of sp³-hybridized carbons (Fsp3) is 0.170. The molecule has 1 atom stereocenters. The number of benzene rings is 4. The van der Waals surface area contributed by atoms with Crippen LogP contribution in [-0.2, 0) is 34.6 Å². The Hall–Kier alpha value is -8.03. The predicted octanol–water partition coefficient (Wildman–Crippen LogP) is 4.99. The van der Waals surface area contributed by atoms with Crippen molar-refractivity contribution in [2.24, 2.45) is 4.99 Å². The van der Waals surface area contributed by atoms with Crippen LogP contribution in [0, 0.1) is 11.2 Å². The maximum atomic E-state index is 14.1. The van der Waals surface area contributed by atoms with E-state index >= 15 is 0 Å². The molecule has 25 heteroatoms. The largest absolute Gasteiger partial charge is 0.478 e. The van der Waals surface area contributed by atoms with Gasteiger partial charge in [0.2, 0.25) is 5.91 Å². The van der Waals surface area contributed by atoms with Crippen LogP contribution in [0.5, 0.6) is 0 Å². The molecule has 1 aliphatic carbocycles. The molecule has 372 valence electrons. The van der Waals surface area contributed by atoms with Gasteiger partial charge in [0.25, 0.3) is 26.1 Å². The lowest BCUT2D eigenvalue weighted by atomic mass is 9.89. The summed E-state index contributed by atoms with van der Waals surface area (Å²) in [6.45, 7) is 0.677. The van der Waals surface area contributed by atoms with Gasteiger partial charge in [-0.15, -0.1) is 0 Å². The van der Waals surface area contributed by atoms with Crippen molar-refractivity contribution in [2.75, 3.05) is 39.0 Å². The van der Waals surface area contributed by atoms with E-state index in [2.05, 4.69) is 15.6 Å². The van der Waals surface area contributed by atoms with Gasteiger partial charge in [-0.25, -0.2) is 14.0 Å². The molecule has 4 aromatic rings. The number of carboxylic acids is 1. The molecule has 1 unspecified atom stereocenters. The number of nitrogen functional groups attached to an aromatic ring is 1. The van der Waals surface area contributed by atoms with E-state index in [0.717, 1.165) is 24.3 Å². The second-order valence-electron chi connectivity index (χ2n) is 16.2. The average Bonchev–Trinajstić information content (AvgIpc) is 3.33. The van der Waals surface area contributed by atoms with Gasteiger partial charge in [0.1, 0.15) is 17.6 Å². The number of nitrogens with one attached hydrogen (secondary N) is 3. The van der Waals surface area contributed by atoms with Crippen LogP contribution in [0.3, 0.4) is 0 Å². The van der Waals surface area contributed by atoms with Crippen molar-refractivity contribution >= 4 is 78.1 Å². The Bertz CT molecular complexity index is 3610. The van der Waals surface area contributed by atoms with E-state index in [1.54, 1.807) is 36.8 Å². The molecule has 8 N–H and O–H groups in total. The minimum atomic E-state index is -5.24. The number of aliphatic imine (C=N–C) groups is 1. The van der Waals surface area contributed by atoms with Crippen LogP contribution in [0.25, 0.3) is 33.4 Å². The number of hydrogen-bond donors (Lipinski definition) is 7. The molecule has 8 rings (SSSR count). The van der Waals surface area contributed by atoms with Crippen molar-refractivity contribution in [2.45, 2.75) is 28.7 Å². The van der Waals surface area contributed by atoms with Crippen molar-refractivity contribution in [1.29, 1.82) is 5.41 Å². The molecule has 4 heterocycles. The van der Waals surface area contributed by atoms with Gasteiger partial charge >= 0.3 is 11.9 Å². The number of amidine groups is 1. The summed E-state index contributed by atoms with van der Waals surface area (Å²) in [5.74, 6) is -4.28. The molecule has 0 bridgehead atoms. The lowest BCUT2D eigenvalue weighted by Gasteiger charge is -2.33. The first-order valence-electron chi connectivity index (χ1n) is 21.4. The fourth-order valence-corrected chi connectivity index (χ4v) is 10.1. The number of aromatic carboxylic acids is 1. The van der Waals surface area contributed by atoms with E-state index in [0.29, 0.717) is 29.3 Å². The molecular formula is C47H40ClFN8O13S2. The molecule has 0 saturated carbocycles. The zero-order valence-corrected chi connectivity index (χ0v) is 39.8. The number of nitrogens with two attached hydrogens (primary N) is 1.